The van der Waals surface area contributed by atoms with Crippen molar-refractivity contribution < 1.29 is 17.6 Å². The van der Waals surface area contributed by atoms with E-state index in [4.69, 9.17) is 0 Å². The zero-order valence-corrected chi connectivity index (χ0v) is 11.5. The highest BCUT2D eigenvalue weighted by Crippen LogP contribution is 2.26. The molecule has 3 nitrogen and oxygen atoms in total. The molecule has 0 N–H and O–H groups in total. The van der Waals surface area contributed by atoms with Gasteiger partial charge in [-0.05, 0) is 25.0 Å². The van der Waals surface area contributed by atoms with Gasteiger partial charge in [-0.15, -0.1) is 0 Å². The first kappa shape index (κ1) is 14.2. The Hall–Kier alpha value is -1.23. The van der Waals surface area contributed by atoms with Gasteiger partial charge in [0.2, 0.25) is 0 Å². The number of rotatable bonds is 4. The first-order chi connectivity index (χ1) is 9.00. The average Bonchev–Trinajstić information content (AvgIpc) is 2.39. The Kier molecular flexibility index (Phi) is 4.34. The average molecular weight is 284 g/mol. The lowest BCUT2D eigenvalue weighted by molar-refractivity contribution is -0.121. The van der Waals surface area contributed by atoms with E-state index in [2.05, 4.69) is 0 Å². The van der Waals surface area contributed by atoms with E-state index in [9.17, 15) is 17.6 Å². The quantitative estimate of drug-likeness (QED) is 0.854. The predicted molar refractivity (Wildman–Crippen MR) is 70.0 cm³/mol. The molecule has 1 fully saturated rings. The third kappa shape index (κ3) is 3.41. The molecule has 0 saturated heterocycles. The van der Waals surface area contributed by atoms with Crippen LogP contribution in [0.25, 0.3) is 0 Å². The molecule has 0 aromatic heterocycles. The second-order valence-electron chi connectivity index (χ2n) is 4.99. The number of hydrogen-bond acceptors (Lipinski definition) is 3. The Balaban J connectivity index is 2.13. The lowest BCUT2D eigenvalue weighted by atomic mass is 9.87. The van der Waals surface area contributed by atoms with Gasteiger partial charge in [0.05, 0.1) is 0 Å². The van der Waals surface area contributed by atoms with E-state index in [-0.39, 0.29) is 16.6 Å². The van der Waals surface area contributed by atoms with Gasteiger partial charge >= 0.3 is 0 Å². The van der Waals surface area contributed by atoms with Crippen LogP contribution in [0.15, 0.2) is 29.2 Å². The molecular weight excluding hydrogens is 267 g/mol. The summed E-state index contributed by atoms with van der Waals surface area (Å²) in [6.07, 6.45) is 4.55. The molecule has 0 aliphatic heterocycles. The van der Waals surface area contributed by atoms with E-state index in [1.165, 1.54) is 18.2 Å². The van der Waals surface area contributed by atoms with E-state index in [1.54, 1.807) is 0 Å². The van der Waals surface area contributed by atoms with Gasteiger partial charge in [0.1, 0.15) is 16.5 Å². The van der Waals surface area contributed by atoms with Gasteiger partial charge < -0.3 is 0 Å². The van der Waals surface area contributed by atoms with Crippen LogP contribution in [0, 0.1) is 11.7 Å². The van der Waals surface area contributed by atoms with E-state index in [0.29, 0.717) is 0 Å². The third-order valence-corrected chi connectivity index (χ3v) is 5.23. The Bertz CT molecular complexity index is 560. The molecular formula is C14H17FO3S. The summed E-state index contributed by atoms with van der Waals surface area (Å²) in [6.45, 7) is 0. The first-order valence-electron chi connectivity index (χ1n) is 6.51. The lowest BCUT2D eigenvalue weighted by Gasteiger charge is -2.20. The second kappa shape index (κ2) is 5.82. The third-order valence-electron chi connectivity index (χ3n) is 3.56. The van der Waals surface area contributed by atoms with Crippen molar-refractivity contribution in [1.29, 1.82) is 0 Å². The highest BCUT2D eigenvalue weighted by atomic mass is 32.2. The fourth-order valence-electron chi connectivity index (χ4n) is 2.50. The molecule has 104 valence electrons. The summed E-state index contributed by atoms with van der Waals surface area (Å²) >= 11 is 0. The van der Waals surface area contributed by atoms with E-state index >= 15 is 0 Å². The summed E-state index contributed by atoms with van der Waals surface area (Å²) in [4.78, 5) is 11.6. The van der Waals surface area contributed by atoms with Crippen molar-refractivity contribution in [1.82, 2.24) is 0 Å². The molecule has 0 amide bonds. The topological polar surface area (TPSA) is 51.2 Å². The molecule has 0 spiro atoms. The summed E-state index contributed by atoms with van der Waals surface area (Å²) in [5.41, 5.74) is 0. The van der Waals surface area contributed by atoms with Crippen LogP contribution in [-0.2, 0) is 14.6 Å². The maximum atomic E-state index is 13.5. The number of sulfone groups is 1. The molecule has 0 bridgehead atoms. The van der Waals surface area contributed by atoms with Crippen molar-refractivity contribution >= 4 is 15.6 Å². The number of hydrogen-bond donors (Lipinski definition) is 0. The van der Waals surface area contributed by atoms with Crippen LogP contribution >= 0.6 is 0 Å². The van der Waals surface area contributed by atoms with Crippen molar-refractivity contribution in [2.75, 3.05) is 5.75 Å². The number of benzene rings is 1. The lowest BCUT2D eigenvalue weighted by Crippen LogP contribution is -2.26. The molecule has 1 saturated carbocycles. The van der Waals surface area contributed by atoms with Gasteiger partial charge in [-0.3, -0.25) is 4.79 Å². The molecule has 0 unspecified atom stereocenters. The SMILES string of the molecule is O=C(CS(=O)(=O)c1ccccc1F)C1CCCCC1. The molecule has 19 heavy (non-hydrogen) atoms. The predicted octanol–water partition coefficient (Wildman–Crippen LogP) is 2.75. The van der Waals surface area contributed by atoms with Crippen molar-refractivity contribution in [3.63, 3.8) is 0 Å². The summed E-state index contributed by atoms with van der Waals surface area (Å²) in [6, 6.07) is 5.19. The highest BCUT2D eigenvalue weighted by molar-refractivity contribution is 7.92. The minimum absolute atomic E-state index is 0.171. The fraction of sp³-hybridized carbons (Fsp3) is 0.500. The maximum absolute atomic E-state index is 13.5. The van der Waals surface area contributed by atoms with Gasteiger partial charge in [0, 0.05) is 5.92 Å². The molecule has 1 aromatic rings. The molecule has 0 atom stereocenters. The molecule has 0 radical (unpaired) electrons. The number of ketones is 1. The Morgan fingerprint density at radius 2 is 1.79 bits per heavy atom. The van der Waals surface area contributed by atoms with Crippen LogP contribution in [0.3, 0.4) is 0 Å². The monoisotopic (exact) mass is 284 g/mol. The summed E-state index contributed by atoms with van der Waals surface area (Å²) in [5, 5.41) is 0. The van der Waals surface area contributed by atoms with Gasteiger partial charge in [-0.1, -0.05) is 31.4 Å². The zero-order chi connectivity index (χ0) is 13.9. The van der Waals surface area contributed by atoms with Crippen LogP contribution in [0.2, 0.25) is 0 Å². The number of Topliss-reactive ketones (excluding diaryl/α,β-unsaturated/α-hetero) is 1. The number of carbonyl (C=O) groups is 1. The first-order valence-corrected chi connectivity index (χ1v) is 8.16. The Morgan fingerprint density at radius 1 is 1.16 bits per heavy atom. The summed E-state index contributed by atoms with van der Waals surface area (Å²) in [7, 11) is -3.86. The molecule has 5 heteroatoms. The van der Waals surface area contributed by atoms with Crippen LogP contribution in [-0.4, -0.2) is 20.0 Å². The fourth-order valence-corrected chi connectivity index (χ4v) is 3.92. The number of halogens is 1. The molecule has 1 aromatic carbocycles. The Labute approximate surface area is 112 Å². The summed E-state index contributed by atoms with van der Waals surface area (Å²) in [5.74, 6) is -1.82. The minimum Gasteiger partial charge on any atom is -0.298 e. The smallest absolute Gasteiger partial charge is 0.188 e. The van der Waals surface area contributed by atoms with E-state index in [0.717, 1.165) is 38.2 Å². The van der Waals surface area contributed by atoms with Gasteiger partial charge in [-0.25, -0.2) is 12.8 Å². The van der Waals surface area contributed by atoms with Crippen molar-refractivity contribution in [3.8, 4) is 0 Å². The van der Waals surface area contributed by atoms with Crippen molar-refractivity contribution in [2.45, 2.75) is 37.0 Å². The minimum atomic E-state index is -3.86. The van der Waals surface area contributed by atoms with Gasteiger partial charge in [-0.2, -0.15) is 0 Å². The Morgan fingerprint density at radius 3 is 2.42 bits per heavy atom. The molecule has 1 aliphatic carbocycles. The number of carbonyl (C=O) groups excluding carboxylic acids is 1. The van der Waals surface area contributed by atoms with E-state index < -0.39 is 21.4 Å². The maximum Gasteiger partial charge on any atom is 0.188 e. The van der Waals surface area contributed by atoms with Crippen molar-refractivity contribution in [2.24, 2.45) is 5.92 Å². The molecule has 0 heterocycles. The zero-order valence-electron chi connectivity index (χ0n) is 10.6. The normalized spacial score (nSPS) is 17.3. The molecule has 2 rings (SSSR count). The summed E-state index contributed by atoms with van der Waals surface area (Å²) < 4.78 is 37.6. The second-order valence-corrected chi connectivity index (χ2v) is 6.95. The van der Waals surface area contributed by atoms with Gasteiger partial charge in [0.15, 0.2) is 15.6 Å². The van der Waals surface area contributed by atoms with Crippen LogP contribution in [0.1, 0.15) is 32.1 Å². The van der Waals surface area contributed by atoms with Crippen LogP contribution in [0.4, 0.5) is 4.39 Å². The van der Waals surface area contributed by atoms with Crippen molar-refractivity contribution in [3.05, 3.63) is 30.1 Å². The van der Waals surface area contributed by atoms with Crippen LogP contribution in [0.5, 0.6) is 0 Å². The molecule has 1 aliphatic rings. The highest BCUT2D eigenvalue weighted by Gasteiger charge is 2.28. The van der Waals surface area contributed by atoms with E-state index in [1.807, 2.05) is 0 Å². The van der Waals surface area contributed by atoms with Gasteiger partial charge in [0.25, 0.3) is 0 Å². The largest absolute Gasteiger partial charge is 0.298 e. The standard InChI is InChI=1S/C14H17FO3S/c15-12-8-4-5-9-14(12)19(17,18)10-13(16)11-6-2-1-3-7-11/h4-5,8-9,11H,1-3,6-7,10H2. The van der Waals surface area contributed by atoms with Crippen LogP contribution < -0.4 is 0 Å².